The van der Waals surface area contributed by atoms with Crippen molar-refractivity contribution in [3.8, 4) is 5.75 Å². The van der Waals surface area contributed by atoms with Gasteiger partial charge in [0.1, 0.15) is 5.52 Å². The van der Waals surface area contributed by atoms with Crippen molar-refractivity contribution in [2.45, 2.75) is 6.92 Å². The van der Waals surface area contributed by atoms with E-state index in [-0.39, 0.29) is 11.3 Å². The quantitative estimate of drug-likeness (QED) is 0.630. The molecule has 0 aliphatic rings. The lowest BCUT2D eigenvalue weighted by Crippen LogP contribution is -2.04. The lowest BCUT2D eigenvalue weighted by molar-refractivity contribution is -0.131. The fourth-order valence-electron chi connectivity index (χ4n) is 1.57. The van der Waals surface area contributed by atoms with Gasteiger partial charge in [-0.3, -0.25) is 9.78 Å². The minimum Gasteiger partial charge on any atom is -0.478 e. The molecule has 0 amide bonds. The molecule has 1 aromatic heterocycles. The van der Waals surface area contributed by atoms with Gasteiger partial charge in [-0.05, 0) is 18.2 Å². The van der Waals surface area contributed by atoms with Crippen LogP contribution in [0.2, 0.25) is 0 Å². The van der Waals surface area contributed by atoms with Crippen LogP contribution in [0.15, 0.2) is 30.5 Å². The first-order chi connectivity index (χ1) is 8.09. The Hall–Kier alpha value is -2.43. The summed E-state index contributed by atoms with van der Waals surface area (Å²) < 4.78 is 4.97. The van der Waals surface area contributed by atoms with Crippen LogP contribution in [-0.4, -0.2) is 22.0 Å². The van der Waals surface area contributed by atoms with Gasteiger partial charge in [0, 0.05) is 18.5 Å². The van der Waals surface area contributed by atoms with Gasteiger partial charge in [0.25, 0.3) is 0 Å². The van der Waals surface area contributed by atoms with Gasteiger partial charge in [0.2, 0.25) is 0 Å². The monoisotopic (exact) mass is 231 g/mol. The van der Waals surface area contributed by atoms with E-state index in [4.69, 9.17) is 9.84 Å². The normalized spacial score (nSPS) is 10.2. The largest absolute Gasteiger partial charge is 0.478 e. The number of nitrogens with zero attached hydrogens (tertiary/aromatic N) is 1. The zero-order chi connectivity index (χ0) is 12.4. The molecule has 2 rings (SSSR count). The number of carboxylic acid groups (broad SMARTS) is 1. The topological polar surface area (TPSA) is 76.5 Å². The smallest absolute Gasteiger partial charge is 0.336 e. The number of benzene rings is 1. The van der Waals surface area contributed by atoms with Gasteiger partial charge in [-0.2, -0.15) is 0 Å². The Morgan fingerprint density at radius 1 is 1.29 bits per heavy atom. The van der Waals surface area contributed by atoms with Gasteiger partial charge in [-0.15, -0.1) is 0 Å². The average molecular weight is 231 g/mol. The Morgan fingerprint density at radius 2 is 2.06 bits per heavy atom. The molecule has 86 valence electrons. The number of hydrogen-bond acceptors (Lipinski definition) is 4. The van der Waals surface area contributed by atoms with Crippen LogP contribution in [0, 0.1) is 0 Å². The molecule has 0 atom stereocenters. The highest BCUT2D eigenvalue weighted by Gasteiger charge is 2.13. The predicted molar refractivity (Wildman–Crippen MR) is 60.0 cm³/mol. The summed E-state index contributed by atoms with van der Waals surface area (Å²) >= 11 is 0. The summed E-state index contributed by atoms with van der Waals surface area (Å²) in [6, 6.07) is 6.08. The maximum atomic E-state index is 11.0. The van der Waals surface area contributed by atoms with Crippen LogP contribution in [0.5, 0.6) is 5.75 Å². The van der Waals surface area contributed by atoms with Gasteiger partial charge in [0.05, 0.1) is 5.56 Å². The summed E-state index contributed by atoms with van der Waals surface area (Å²) in [5.74, 6) is -1.25. The summed E-state index contributed by atoms with van der Waals surface area (Å²) in [7, 11) is 0. The fourth-order valence-corrected chi connectivity index (χ4v) is 1.57. The summed E-state index contributed by atoms with van der Waals surface area (Å²) in [5, 5.41) is 9.46. The number of pyridine rings is 1. The van der Waals surface area contributed by atoms with E-state index in [1.54, 1.807) is 12.1 Å². The second-order valence-corrected chi connectivity index (χ2v) is 3.41. The third kappa shape index (κ3) is 2.08. The second kappa shape index (κ2) is 4.21. The maximum absolute atomic E-state index is 11.0. The molecule has 1 aromatic carbocycles. The molecule has 0 aliphatic carbocycles. The number of aromatic carboxylic acids is 1. The van der Waals surface area contributed by atoms with E-state index in [1.165, 1.54) is 25.3 Å². The molecule has 0 saturated heterocycles. The Kier molecular flexibility index (Phi) is 2.74. The highest BCUT2D eigenvalue weighted by molar-refractivity contribution is 6.04. The highest BCUT2D eigenvalue weighted by Crippen LogP contribution is 2.26. The van der Waals surface area contributed by atoms with Gasteiger partial charge < -0.3 is 9.84 Å². The number of carbonyl (C=O) groups excluding carboxylic acids is 1. The number of carboxylic acids is 1. The lowest BCUT2D eigenvalue weighted by atomic mass is 10.1. The Balaban J connectivity index is 2.70. The summed E-state index contributed by atoms with van der Waals surface area (Å²) in [6.45, 7) is 1.28. The number of hydrogen-bond donors (Lipinski definition) is 1. The lowest BCUT2D eigenvalue weighted by Gasteiger charge is -2.07. The van der Waals surface area contributed by atoms with Crippen LogP contribution in [0.25, 0.3) is 10.9 Å². The zero-order valence-corrected chi connectivity index (χ0v) is 9.01. The van der Waals surface area contributed by atoms with Crippen molar-refractivity contribution in [1.29, 1.82) is 0 Å². The molecule has 0 saturated carbocycles. The van der Waals surface area contributed by atoms with E-state index in [0.29, 0.717) is 10.9 Å². The summed E-state index contributed by atoms with van der Waals surface area (Å²) in [5.41, 5.74) is 0.492. The molecule has 0 aliphatic heterocycles. The molecule has 17 heavy (non-hydrogen) atoms. The van der Waals surface area contributed by atoms with Crippen LogP contribution >= 0.6 is 0 Å². The van der Waals surface area contributed by atoms with Gasteiger partial charge in [-0.25, -0.2) is 4.79 Å². The summed E-state index contributed by atoms with van der Waals surface area (Å²) in [6.07, 6.45) is 1.51. The number of rotatable bonds is 2. The summed E-state index contributed by atoms with van der Waals surface area (Å²) in [4.78, 5) is 26.0. The molecule has 1 N–H and O–H groups in total. The molecule has 0 unspecified atom stereocenters. The molecule has 5 nitrogen and oxygen atoms in total. The predicted octanol–water partition coefficient (Wildman–Crippen LogP) is 1.86. The minimum absolute atomic E-state index is 0.129. The molecular formula is C12H9NO4. The first-order valence-corrected chi connectivity index (χ1v) is 4.89. The van der Waals surface area contributed by atoms with Crippen LogP contribution in [-0.2, 0) is 4.79 Å². The molecular weight excluding hydrogens is 222 g/mol. The number of esters is 1. The van der Waals surface area contributed by atoms with Gasteiger partial charge in [-0.1, -0.05) is 6.07 Å². The Morgan fingerprint density at radius 3 is 2.71 bits per heavy atom. The highest BCUT2D eigenvalue weighted by atomic mass is 16.5. The van der Waals surface area contributed by atoms with E-state index in [0.717, 1.165) is 0 Å². The zero-order valence-electron chi connectivity index (χ0n) is 9.01. The number of fused-ring (bicyclic) bond motifs is 1. The average Bonchev–Trinajstić information content (AvgIpc) is 2.28. The van der Waals surface area contributed by atoms with E-state index < -0.39 is 11.9 Å². The number of ether oxygens (including phenoxy) is 1. The number of aromatic nitrogens is 1. The van der Waals surface area contributed by atoms with Gasteiger partial charge in [0.15, 0.2) is 5.75 Å². The molecule has 0 spiro atoms. The standard InChI is InChI=1S/C12H9NO4/c1-7(14)17-10-5-4-9(12(15)16)8-3-2-6-13-11(8)10/h2-6H,1H3,(H,15,16). The minimum atomic E-state index is -1.04. The molecule has 2 aromatic rings. The molecule has 0 fully saturated rings. The van der Waals surface area contributed by atoms with Crippen molar-refractivity contribution in [2.24, 2.45) is 0 Å². The van der Waals surface area contributed by atoms with Crippen LogP contribution in [0.4, 0.5) is 0 Å². The molecule has 0 bridgehead atoms. The van der Waals surface area contributed by atoms with Crippen molar-refractivity contribution in [2.75, 3.05) is 0 Å². The van der Waals surface area contributed by atoms with Crippen LogP contribution < -0.4 is 4.74 Å². The van der Waals surface area contributed by atoms with Crippen LogP contribution in [0.1, 0.15) is 17.3 Å². The van der Waals surface area contributed by atoms with E-state index in [1.807, 2.05) is 0 Å². The van der Waals surface area contributed by atoms with Crippen molar-refractivity contribution in [1.82, 2.24) is 4.98 Å². The fraction of sp³-hybridized carbons (Fsp3) is 0.0833. The van der Waals surface area contributed by atoms with Crippen molar-refractivity contribution in [3.05, 3.63) is 36.0 Å². The first-order valence-electron chi connectivity index (χ1n) is 4.89. The number of carbonyl (C=O) groups is 2. The van der Waals surface area contributed by atoms with E-state index in [2.05, 4.69) is 4.98 Å². The Bertz CT molecular complexity index is 606. The second-order valence-electron chi connectivity index (χ2n) is 3.41. The van der Waals surface area contributed by atoms with Crippen LogP contribution in [0.3, 0.4) is 0 Å². The van der Waals surface area contributed by atoms with Crippen molar-refractivity contribution < 1.29 is 19.4 Å². The van der Waals surface area contributed by atoms with Gasteiger partial charge >= 0.3 is 11.9 Å². The first kappa shape index (κ1) is 11.1. The molecule has 5 heteroatoms. The Labute approximate surface area is 96.7 Å². The SMILES string of the molecule is CC(=O)Oc1ccc(C(=O)O)c2cccnc12. The van der Waals surface area contributed by atoms with Crippen molar-refractivity contribution >= 4 is 22.8 Å². The molecule has 0 radical (unpaired) electrons. The molecule has 1 heterocycles. The third-order valence-corrected chi connectivity index (χ3v) is 2.22. The maximum Gasteiger partial charge on any atom is 0.336 e. The van der Waals surface area contributed by atoms with E-state index in [9.17, 15) is 9.59 Å². The van der Waals surface area contributed by atoms with Crippen molar-refractivity contribution in [3.63, 3.8) is 0 Å². The van der Waals surface area contributed by atoms with E-state index >= 15 is 0 Å². The third-order valence-electron chi connectivity index (χ3n) is 2.22.